The van der Waals surface area contributed by atoms with Gasteiger partial charge in [-0.1, -0.05) is 30.7 Å². The summed E-state index contributed by atoms with van der Waals surface area (Å²) >= 11 is 11.6. The topological polar surface area (TPSA) is 24.9 Å². The fourth-order valence-corrected chi connectivity index (χ4v) is 3.30. The first-order chi connectivity index (χ1) is 9.11. The van der Waals surface area contributed by atoms with E-state index in [0.29, 0.717) is 0 Å². The molecule has 1 heterocycles. The molecule has 0 spiro atoms. The fraction of sp³-hybridized carbons (Fsp3) is 0.357. The zero-order valence-electron chi connectivity index (χ0n) is 10.9. The molecule has 0 fully saturated rings. The number of hydrogen-bond donors (Lipinski definition) is 1. The van der Waals surface area contributed by atoms with Crippen molar-refractivity contribution in [2.45, 2.75) is 26.3 Å². The Bertz CT molecular complexity index is 556. The van der Waals surface area contributed by atoms with Crippen LogP contribution in [0, 0.1) is 6.92 Å². The third kappa shape index (κ3) is 3.78. The third-order valence-corrected chi connectivity index (χ3v) is 5.02. The number of nitrogens with zero attached hydrogens (tertiary/aromatic N) is 1. The molecule has 0 aliphatic carbocycles. The number of benzene rings is 1. The summed E-state index contributed by atoms with van der Waals surface area (Å²) in [7, 11) is 0. The highest BCUT2D eigenvalue weighted by molar-refractivity contribution is 9.10. The van der Waals surface area contributed by atoms with Crippen LogP contribution in [-0.4, -0.2) is 11.5 Å². The Kier molecular flexibility index (Phi) is 5.39. The molecule has 0 bridgehead atoms. The van der Waals surface area contributed by atoms with Gasteiger partial charge in [-0.2, -0.15) is 0 Å². The van der Waals surface area contributed by atoms with E-state index in [-0.39, 0.29) is 6.04 Å². The van der Waals surface area contributed by atoms with Gasteiger partial charge in [0, 0.05) is 22.3 Å². The molecule has 0 radical (unpaired) electrons. The fourth-order valence-electron chi connectivity index (χ4n) is 2.04. The second kappa shape index (κ2) is 6.84. The van der Waals surface area contributed by atoms with Gasteiger partial charge in [0.05, 0.1) is 15.7 Å². The van der Waals surface area contributed by atoms with Crippen molar-refractivity contribution in [3.63, 3.8) is 0 Å². The van der Waals surface area contributed by atoms with Crippen molar-refractivity contribution in [2.24, 2.45) is 0 Å². The summed E-state index contributed by atoms with van der Waals surface area (Å²) in [6.07, 6.45) is 0.856. The van der Waals surface area contributed by atoms with E-state index in [0.717, 1.165) is 38.7 Å². The lowest BCUT2D eigenvalue weighted by Crippen LogP contribution is -2.23. The van der Waals surface area contributed by atoms with Crippen molar-refractivity contribution < 1.29 is 0 Å². The number of rotatable bonds is 5. The highest BCUT2D eigenvalue weighted by Gasteiger charge is 2.17. The van der Waals surface area contributed by atoms with Gasteiger partial charge in [-0.15, -0.1) is 11.3 Å². The van der Waals surface area contributed by atoms with E-state index in [1.165, 1.54) is 0 Å². The number of thiazole rings is 1. The maximum Gasteiger partial charge on any atom is 0.0897 e. The second-order valence-electron chi connectivity index (χ2n) is 4.32. The minimum Gasteiger partial charge on any atom is -0.310 e. The predicted molar refractivity (Wildman–Crippen MR) is 86.1 cm³/mol. The van der Waals surface area contributed by atoms with E-state index < -0.39 is 0 Å². The number of aromatic nitrogens is 1. The Hall–Kier alpha value is -0.420. The summed E-state index contributed by atoms with van der Waals surface area (Å²) in [5, 5.41) is 7.48. The van der Waals surface area contributed by atoms with Crippen LogP contribution < -0.4 is 5.32 Å². The molecule has 5 heteroatoms. The Morgan fingerprint density at radius 2 is 2.26 bits per heavy atom. The van der Waals surface area contributed by atoms with Crippen molar-refractivity contribution in [1.82, 2.24) is 10.3 Å². The van der Waals surface area contributed by atoms with Crippen molar-refractivity contribution in [2.75, 3.05) is 6.54 Å². The smallest absolute Gasteiger partial charge is 0.0897 e. The molecule has 1 aromatic carbocycles. The van der Waals surface area contributed by atoms with Gasteiger partial charge in [0.1, 0.15) is 0 Å². The van der Waals surface area contributed by atoms with Crippen LogP contribution in [0.25, 0.3) is 0 Å². The average Bonchev–Trinajstić information content (AvgIpc) is 2.78. The minimum atomic E-state index is 0.191. The Labute approximate surface area is 131 Å². The van der Waals surface area contributed by atoms with Crippen molar-refractivity contribution in [3.8, 4) is 0 Å². The Morgan fingerprint density at radius 1 is 1.47 bits per heavy atom. The third-order valence-electron chi connectivity index (χ3n) is 2.89. The molecule has 1 aromatic heterocycles. The molecule has 2 rings (SSSR count). The molecule has 0 amide bonds. The maximum atomic E-state index is 6.39. The molecule has 102 valence electrons. The van der Waals surface area contributed by atoms with Gasteiger partial charge in [0.2, 0.25) is 0 Å². The predicted octanol–water partition coefficient (Wildman–Crippen LogP) is 4.76. The van der Waals surface area contributed by atoms with E-state index in [1.54, 1.807) is 11.3 Å². The van der Waals surface area contributed by atoms with Crippen LogP contribution in [0.3, 0.4) is 0 Å². The molecule has 1 N–H and O–H groups in total. The lowest BCUT2D eigenvalue weighted by atomic mass is 10.0. The van der Waals surface area contributed by atoms with Crippen molar-refractivity contribution in [1.29, 1.82) is 0 Å². The van der Waals surface area contributed by atoms with Gasteiger partial charge in [0.15, 0.2) is 0 Å². The zero-order valence-corrected chi connectivity index (χ0v) is 14.1. The SMILES string of the molecule is CCNC(Cc1csc(C)n1)c1cccc(Br)c1Cl. The minimum absolute atomic E-state index is 0.191. The van der Waals surface area contributed by atoms with Gasteiger partial charge in [-0.05, 0) is 41.0 Å². The maximum absolute atomic E-state index is 6.39. The summed E-state index contributed by atoms with van der Waals surface area (Å²) in [6.45, 7) is 5.03. The van der Waals surface area contributed by atoms with Gasteiger partial charge >= 0.3 is 0 Å². The molecule has 0 aliphatic heterocycles. The van der Waals surface area contributed by atoms with Crippen LogP contribution in [0.4, 0.5) is 0 Å². The van der Waals surface area contributed by atoms with Crippen LogP contribution >= 0.6 is 38.9 Å². The summed E-state index contributed by atoms with van der Waals surface area (Å²) in [5.74, 6) is 0. The van der Waals surface area contributed by atoms with E-state index >= 15 is 0 Å². The molecule has 0 aliphatic rings. The zero-order chi connectivity index (χ0) is 13.8. The van der Waals surface area contributed by atoms with Gasteiger partial charge in [-0.25, -0.2) is 4.98 Å². The molecule has 0 saturated heterocycles. The van der Waals surface area contributed by atoms with Crippen LogP contribution in [0.5, 0.6) is 0 Å². The number of hydrogen-bond acceptors (Lipinski definition) is 3. The first-order valence-electron chi connectivity index (χ1n) is 6.20. The summed E-state index contributed by atoms with van der Waals surface area (Å²) in [5.41, 5.74) is 2.23. The Morgan fingerprint density at radius 3 is 2.89 bits per heavy atom. The van der Waals surface area contributed by atoms with Crippen LogP contribution in [0.2, 0.25) is 5.02 Å². The molecule has 1 atom stereocenters. The van der Waals surface area contributed by atoms with Crippen molar-refractivity contribution in [3.05, 3.63) is 49.3 Å². The van der Waals surface area contributed by atoms with Gasteiger partial charge in [0.25, 0.3) is 0 Å². The van der Waals surface area contributed by atoms with Crippen LogP contribution in [0.15, 0.2) is 28.1 Å². The molecular formula is C14H16BrClN2S. The first-order valence-corrected chi connectivity index (χ1v) is 8.25. The van der Waals surface area contributed by atoms with Crippen LogP contribution in [0.1, 0.15) is 29.2 Å². The number of nitrogens with one attached hydrogen (secondary N) is 1. The van der Waals surface area contributed by atoms with Crippen molar-refractivity contribution >= 4 is 38.9 Å². The lowest BCUT2D eigenvalue weighted by Gasteiger charge is -2.19. The summed E-state index contributed by atoms with van der Waals surface area (Å²) in [6, 6.07) is 6.24. The standard InChI is InChI=1S/C14H16BrClN2S/c1-3-17-13(7-10-8-19-9(2)18-10)11-5-4-6-12(15)14(11)16/h4-6,8,13,17H,3,7H2,1-2H3. The van der Waals surface area contributed by atoms with E-state index in [9.17, 15) is 0 Å². The largest absolute Gasteiger partial charge is 0.310 e. The van der Waals surface area contributed by atoms with E-state index in [4.69, 9.17) is 11.6 Å². The van der Waals surface area contributed by atoms with Crippen LogP contribution in [-0.2, 0) is 6.42 Å². The van der Waals surface area contributed by atoms with E-state index in [2.05, 4.69) is 44.6 Å². The van der Waals surface area contributed by atoms with E-state index in [1.807, 2.05) is 19.1 Å². The number of aryl methyl sites for hydroxylation is 1. The number of halogens is 2. The second-order valence-corrected chi connectivity index (χ2v) is 6.61. The van der Waals surface area contributed by atoms with Gasteiger partial charge in [-0.3, -0.25) is 0 Å². The molecular weight excluding hydrogens is 344 g/mol. The monoisotopic (exact) mass is 358 g/mol. The summed E-state index contributed by atoms with van der Waals surface area (Å²) in [4.78, 5) is 4.53. The Balaban J connectivity index is 2.26. The molecule has 2 aromatic rings. The molecule has 2 nitrogen and oxygen atoms in total. The highest BCUT2D eigenvalue weighted by Crippen LogP contribution is 2.31. The average molecular weight is 360 g/mol. The normalized spacial score (nSPS) is 12.6. The molecule has 1 unspecified atom stereocenters. The summed E-state index contributed by atoms with van der Waals surface area (Å²) < 4.78 is 0.934. The first kappa shape index (κ1) is 15.0. The quantitative estimate of drug-likeness (QED) is 0.832. The molecule has 0 saturated carbocycles. The van der Waals surface area contributed by atoms with Gasteiger partial charge < -0.3 is 5.32 Å². The highest BCUT2D eigenvalue weighted by atomic mass is 79.9. The molecule has 19 heavy (non-hydrogen) atoms. The number of likely N-dealkylation sites (N-methyl/N-ethyl adjacent to an activating group) is 1. The lowest BCUT2D eigenvalue weighted by molar-refractivity contribution is 0.545.